The van der Waals surface area contributed by atoms with Crippen molar-refractivity contribution in [3.05, 3.63) is 70.9 Å². The molecule has 1 aliphatic heterocycles. The fourth-order valence-electron chi connectivity index (χ4n) is 2.60. The number of alkyl halides is 3. The number of nitrogens with one attached hydrogen (secondary N) is 1. The third kappa shape index (κ3) is 3.93. The second kappa shape index (κ2) is 6.90. The summed E-state index contributed by atoms with van der Waals surface area (Å²) < 4.78 is 76.2. The maximum absolute atomic E-state index is 12.9. The van der Waals surface area contributed by atoms with Crippen LogP contribution in [0.25, 0.3) is 5.76 Å². The zero-order valence-electron chi connectivity index (χ0n) is 14.4. The quantitative estimate of drug-likeness (QED) is 0.845. The minimum Gasteiger partial charge on any atom is -0.458 e. The molecular weight excluding hydrogens is 383 g/mol. The molecule has 0 aliphatic carbocycles. The molecule has 0 saturated carbocycles. The highest BCUT2D eigenvalue weighted by Crippen LogP contribution is 2.41. The minimum absolute atomic E-state index is 0.0545. The van der Waals surface area contributed by atoms with E-state index in [0.717, 1.165) is 23.9 Å². The Morgan fingerprint density at radius 2 is 1.81 bits per heavy atom. The highest BCUT2D eigenvalue weighted by Gasteiger charge is 2.35. The van der Waals surface area contributed by atoms with E-state index < -0.39 is 28.1 Å². The molecule has 9 heteroatoms. The highest BCUT2D eigenvalue weighted by molar-refractivity contribution is 7.89. The van der Waals surface area contributed by atoms with Crippen LogP contribution >= 0.6 is 0 Å². The monoisotopic (exact) mass is 399 g/mol. The second-order valence-electron chi connectivity index (χ2n) is 5.93. The molecule has 1 aliphatic rings. The van der Waals surface area contributed by atoms with Gasteiger partial charge in [-0.05, 0) is 31.2 Å². The number of sulfonamides is 1. The van der Waals surface area contributed by atoms with Crippen LogP contribution in [0.1, 0.15) is 28.5 Å². The summed E-state index contributed by atoms with van der Waals surface area (Å²) in [4.78, 5) is 0.0545. The average Bonchev–Trinajstić information content (AvgIpc) is 2.97. The first kappa shape index (κ1) is 19.2. The molecule has 144 valence electrons. The topological polar surface area (TPSA) is 64.6 Å². The molecule has 3 rings (SSSR count). The van der Waals surface area contributed by atoms with E-state index in [0.29, 0.717) is 5.56 Å². The van der Waals surface area contributed by atoms with Gasteiger partial charge in [0, 0.05) is 18.2 Å². The van der Waals surface area contributed by atoms with Gasteiger partial charge in [-0.25, -0.2) is 8.42 Å². The molecule has 27 heavy (non-hydrogen) atoms. The van der Waals surface area contributed by atoms with E-state index in [1.54, 1.807) is 12.1 Å². The minimum atomic E-state index is -4.51. The number of aryl methyl sites for hydroxylation is 1. The standard InChI is InChI=1S/C18H16F3NO4S/c1-11-3-6-13(7-4-11)27(23,24)22-10-16-14-8-5-12(18(19,20)21)9-15(14)17(25-2)26-16/h3-10,17,22H,1-2H3/b16-10-. The van der Waals surface area contributed by atoms with Gasteiger partial charge in [-0.1, -0.05) is 23.8 Å². The Kier molecular flexibility index (Phi) is 4.92. The van der Waals surface area contributed by atoms with Crippen LogP contribution < -0.4 is 4.72 Å². The number of rotatable bonds is 4. The molecule has 0 bridgehead atoms. The lowest BCUT2D eigenvalue weighted by molar-refractivity contribution is -0.137. The average molecular weight is 399 g/mol. The summed E-state index contributed by atoms with van der Waals surface area (Å²) in [5.74, 6) is 0.0706. The lowest BCUT2D eigenvalue weighted by Gasteiger charge is -2.11. The van der Waals surface area contributed by atoms with Crippen LogP contribution in [0.3, 0.4) is 0 Å². The van der Waals surface area contributed by atoms with Gasteiger partial charge in [-0.15, -0.1) is 0 Å². The first-order chi connectivity index (χ1) is 12.6. The SMILES string of the molecule is COC1O/C(=C\NS(=O)(=O)c2ccc(C)cc2)c2ccc(C(F)(F)F)cc21. The van der Waals surface area contributed by atoms with E-state index in [2.05, 4.69) is 4.72 Å². The lowest BCUT2D eigenvalue weighted by atomic mass is 10.0. The van der Waals surface area contributed by atoms with Gasteiger partial charge in [0.2, 0.25) is 6.29 Å². The predicted molar refractivity (Wildman–Crippen MR) is 91.8 cm³/mol. The summed E-state index contributed by atoms with van der Waals surface area (Å²) in [5, 5.41) is 0. The van der Waals surface area contributed by atoms with E-state index in [1.807, 2.05) is 6.92 Å². The van der Waals surface area contributed by atoms with Gasteiger partial charge in [0.25, 0.3) is 10.0 Å². The molecule has 5 nitrogen and oxygen atoms in total. The third-order valence-electron chi connectivity index (χ3n) is 4.02. The van der Waals surface area contributed by atoms with Crippen molar-refractivity contribution in [2.75, 3.05) is 7.11 Å². The Bertz CT molecular complexity index is 983. The van der Waals surface area contributed by atoms with Gasteiger partial charge < -0.3 is 9.47 Å². The van der Waals surface area contributed by atoms with Crippen LogP contribution in [0.4, 0.5) is 13.2 Å². The fraction of sp³-hybridized carbons (Fsp3) is 0.222. The first-order valence-corrected chi connectivity index (χ1v) is 9.30. The molecule has 0 amide bonds. The molecular formula is C18H16F3NO4S. The molecule has 1 N–H and O–H groups in total. The van der Waals surface area contributed by atoms with E-state index in [4.69, 9.17) is 9.47 Å². The molecule has 0 aromatic heterocycles. The van der Waals surface area contributed by atoms with Crippen molar-refractivity contribution in [3.8, 4) is 0 Å². The Labute approximate surface area is 154 Å². The molecule has 1 unspecified atom stereocenters. The zero-order valence-corrected chi connectivity index (χ0v) is 15.2. The number of ether oxygens (including phenoxy) is 2. The third-order valence-corrected chi connectivity index (χ3v) is 5.34. The van der Waals surface area contributed by atoms with E-state index in [-0.39, 0.29) is 16.2 Å². The van der Waals surface area contributed by atoms with Crippen molar-refractivity contribution in [2.24, 2.45) is 0 Å². The van der Waals surface area contributed by atoms with Gasteiger partial charge in [-0.3, -0.25) is 4.72 Å². The summed E-state index contributed by atoms with van der Waals surface area (Å²) in [6.07, 6.45) is -4.47. The van der Waals surface area contributed by atoms with E-state index in [9.17, 15) is 21.6 Å². The zero-order chi connectivity index (χ0) is 19.8. The lowest BCUT2D eigenvalue weighted by Crippen LogP contribution is -2.18. The maximum atomic E-state index is 12.9. The normalized spacial score (nSPS) is 18.3. The predicted octanol–water partition coefficient (Wildman–Crippen LogP) is 3.97. The van der Waals surface area contributed by atoms with Gasteiger partial charge >= 0.3 is 6.18 Å². The van der Waals surface area contributed by atoms with Crippen LogP contribution in [0.15, 0.2) is 53.6 Å². The van der Waals surface area contributed by atoms with E-state index >= 15 is 0 Å². The summed E-state index contributed by atoms with van der Waals surface area (Å²) in [6, 6.07) is 9.27. The fourth-order valence-corrected chi connectivity index (χ4v) is 3.50. The number of benzene rings is 2. The second-order valence-corrected chi connectivity index (χ2v) is 7.64. The summed E-state index contributed by atoms with van der Waals surface area (Å²) in [5.41, 5.74) is 0.562. The summed E-state index contributed by atoms with van der Waals surface area (Å²) in [6.45, 7) is 1.83. The smallest absolute Gasteiger partial charge is 0.416 e. The number of halogens is 3. The van der Waals surface area contributed by atoms with Crippen molar-refractivity contribution >= 4 is 15.8 Å². The van der Waals surface area contributed by atoms with Gasteiger partial charge in [0.1, 0.15) is 5.76 Å². The summed E-state index contributed by atoms with van der Waals surface area (Å²) in [7, 11) is -2.56. The Morgan fingerprint density at radius 3 is 2.41 bits per heavy atom. The molecule has 2 aromatic rings. The van der Waals surface area contributed by atoms with Crippen molar-refractivity contribution in [1.82, 2.24) is 4.72 Å². The van der Waals surface area contributed by atoms with Crippen LogP contribution in [-0.4, -0.2) is 15.5 Å². The van der Waals surface area contributed by atoms with Crippen LogP contribution in [0.2, 0.25) is 0 Å². The van der Waals surface area contributed by atoms with Crippen molar-refractivity contribution in [2.45, 2.75) is 24.3 Å². The number of fused-ring (bicyclic) bond motifs is 1. The molecule has 0 radical (unpaired) electrons. The molecule has 2 aromatic carbocycles. The van der Waals surface area contributed by atoms with Crippen LogP contribution in [0.5, 0.6) is 0 Å². The van der Waals surface area contributed by atoms with Crippen molar-refractivity contribution in [1.29, 1.82) is 0 Å². The Balaban J connectivity index is 1.92. The molecule has 0 saturated heterocycles. The van der Waals surface area contributed by atoms with Gasteiger partial charge in [0.05, 0.1) is 16.7 Å². The molecule has 0 fully saturated rings. The van der Waals surface area contributed by atoms with E-state index in [1.165, 1.54) is 25.3 Å². The van der Waals surface area contributed by atoms with Gasteiger partial charge in [0.15, 0.2) is 0 Å². The number of hydrogen-bond donors (Lipinski definition) is 1. The van der Waals surface area contributed by atoms with Crippen molar-refractivity contribution < 1.29 is 31.1 Å². The Hall–Kier alpha value is -2.52. The molecule has 1 atom stereocenters. The van der Waals surface area contributed by atoms with Crippen molar-refractivity contribution in [3.63, 3.8) is 0 Å². The van der Waals surface area contributed by atoms with Crippen LogP contribution in [-0.2, 0) is 25.7 Å². The Morgan fingerprint density at radius 1 is 1.15 bits per heavy atom. The maximum Gasteiger partial charge on any atom is 0.416 e. The van der Waals surface area contributed by atoms with Gasteiger partial charge in [-0.2, -0.15) is 13.2 Å². The number of methoxy groups -OCH3 is 1. The summed E-state index contributed by atoms with van der Waals surface area (Å²) >= 11 is 0. The van der Waals surface area contributed by atoms with Crippen LogP contribution in [0, 0.1) is 6.92 Å². The first-order valence-electron chi connectivity index (χ1n) is 7.82. The largest absolute Gasteiger partial charge is 0.458 e. The number of hydrogen-bond acceptors (Lipinski definition) is 4. The molecule has 1 heterocycles. The highest BCUT2D eigenvalue weighted by atomic mass is 32.2. The molecule has 0 spiro atoms.